The fourth-order valence-corrected chi connectivity index (χ4v) is 3.58. The van der Waals surface area contributed by atoms with Crippen LogP contribution in [-0.4, -0.2) is 40.0 Å². The van der Waals surface area contributed by atoms with Crippen LogP contribution < -0.4 is 5.32 Å². The maximum absolute atomic E-state index is 12.3. The Hall–Kier alpha value is -2.96. The van der Waals surface area contributed by atoms with Crippen LogP contribution >= 0.6 is 0 Å². The second-order valence-corrected chi connectivity index (χ2v) is 7.28. The number of ether oxygens (including phenoxy) is 1. The van der Waals surface area contributed by atoms with Crippen molar-refractivity contribution in [2.75, 3.05) is 13.2 Å². The van der Waals surface area contributed by atoms with Crippen molar-refractivity contribution < 1.29 is 14.6 Å². The molecule has 6 nitrogen and oxygen atoms in total. The molecule has 150 valence electrons. The average Bonchev–Trinajstić information content (AvgIpc) is 3.16. The number of benzene rings is 2. The highest BCUT2D eigenvalue weighted by atomic mass is 16.5. The minimum atomic E-state index is -1.09. The molecule has 0 bridgehead atoms. The third-order valence-electron chi connectivity index (χ3n) is 5.09. The van der Waals surface area contributed by atoms with Gasteiger partial charge in [-0.25, -0.2) is 0 Å². The number of carbonyl (C=O) groups is 1. The van der Waals surface area contributed by atoms with Gasteiger partial charge in [-0.2, -0.15) is 5.10 Å². The normalized spacial score (nSPS) is 16.8. The SMILES string of the molecule is O=C(NC[C@@H]1OCCc2cn(Cc3ccccc3)nc21)[C@H](O)Cc1ccccc1. The van der Waals surface area contributed by atoms with Crippen LogP contribution in [0.5, 0.6) is 0 Å². The molecule has 0 unspecified atom stereocenters. The molecule has 29 heavy (non-hydrogen) atoms. The molecule has 6 heteroatoms. The van der Waals surface area contributed by atoms with Crippen molar-refractivity contribution in [3.05, 3.63) is 89.2 Å². The Kier molecular flexibility index (Phi) is 6.03. The van der Waals surface area contributed by atoms with E-state index in [1.165, 1.54) is 5.56 Å². The fourth-order valence-electron chi connectivity index (χ4n) is 3.58. The number of aromatic nitrogens is 2. The van der Waals surface area contributed by atoms with Crippen LogP contribution in [0.15, 0.2) is 66.9 Å². The molecule has 1 aromatic heterocycles. The first-order valence-corrected chi connectivity index (χ1v) is 9.90. The molecule has 1 amide bonds. The lowest BCUT2D eigenvalue weighted by molar-refractivity contribution is -0.130. The van der Waals surface area contributed by atoms with Crippen LogP contribution in [0.4, 0.5) is 0 Å². The molecule has 2 aromatic carbocycles. The summed E-state index contributed by atoms with van der Waals surface area (Å²) in [6, 6.07) is 19.7. The van der Waals surface area contributed by atoms with E-state index in [0.717, 1.165) is 23.2 Å². The average molecular weight is 391 g/mol. The van der Waals surface area contributed by atoms with Crippen molar-refractivity contribution >= 4 is 5.91 Å². The molecular weight excluding hydrogens is 366 g/mol. The summed E-state index contributed by atoms with van der Waals surface area (Å²) in [5, 5.41) is 17.7. The number of aliphatic hydroxyl groups excluding tert-OH is 1. The first-order valence-electron chi connectivity index (χ1n) is 9.90. The third kappa shape index (κ3) is 4.91. The van der Waals surface area contributed by atoms with E-state index in [4.69, 9.17) is 9.84 Å². The monoisotopic (exact) mass is 391 g/mol. The maximum Gasteiger partial charge on any atom is 0.249 e. The second-order valence-electron chi connectivity index (χ2n) is 7.28. The van der Waals surface area contributed by atoms with Gasteiger partial charge >= 0.3 is 0 Å². The molecule has 2 atom stereocenters. The quantitative estimate of drug-likeness (QED) is 0.648. The largest absolute Gasteiger partial charge is 0.383 e. The molecular formula is C23H25N3O3. The topological polar surface area (TPSA) is 76.4 Å². The molecule has 2 N–H and O–H groups in total. The summed E-state index contributed by atoms with van der Waals surface area (Å²) in [6.07, 6.45) is 1.77. The van der Waals surface area contributed by atoms with Gasteiger partial charge in [-0.3, -0.25) is 9.48 Å². The van der Waals surface area contributed by atoms with Gasteiger partial charge in [0.2, 0.25) is 5.91 Å². The molecule has 2 heterocycles. The number of hydrogen-bond acceptors (Lipinski definition) is 4. The van der Waals surface area contributed by atoms with E-state index in [-0.39, 0.29) is 12.5 Å². The molecule has 0 radical (unpaired) electrons. The number of fused-ring (bicyclic) bond motifs is 1. The zero-order valence-corrected chi connectivity index (χ0v) is 16.2. The molecule has 0 spiro atoms. The Morgan fingerprint density at radius 1 is 1.14 bits per heavy atom. The molecule has 4 rings (SSSR count). The highest BCUT2D eigenvalue weighted by Gasteiger charge is 2.26. The Morgan fingerprint density at radius 2 is 1.83 bits per heavy atom. The van der Waals surface area contributed by atoms with Crippen LogP contribution in [0.1, 0.15) is 28.5 Å². The van der Waals surface area contributed by atoms with Gasteiger partial charge in [0.15, 0.2) is 0 Å². The number of rotatable bonds is 7. The second kappa shape index (κ2) is 9.03. The fraction of sp³-hybridized carbons (Fsp3) is 0.304. The molecule has 1 aliphatic heterocycles. The van der Waals surface area contributed by atoms with Crippen LogP contribution in [0.3, 0.4) is 0 Å². The Balaban J connectivity index is 1.36. The summed E-state index contributed by atoms with van der Waals surface area (Å²) < 4.78 is 7.77. The third-order valence-corrected chi connectivity index (χ3v) is 5.09. The lowest BCUT2D eigenvalue weighted by atomic mass is 10.1. The lowest BCUT2D eigenvalue weighted by Crippen LogP contribution is -2.39. The minimum absolute atomic E-state index is 0.287. The van der Waals surface area contributed by atoms with Crippen molar-refractivity contribution in [3.8, 4) is 0 Å². The predicted molar refractivity (Wildman–Crippen MR) is 109 cm³/mol. The highest BCUT2D eigenvalue weighted by Crippen LogP contribution is 2.25. The zero-order valence-electron chi connectivity index (χ0n) is 16.2. The van der Waals surface area contributed by atoms with Crippen molar-refractivity contribution in [3.63, 3.8) is 0 Å². The highest BCUT2D eigenvalue weighted by molar-refractivity contribution is 5.80. The van der Waals surface area contributed by atoms with Gasteiger partial charge in [-0.05, 0) is 23.1 Å². The van der Waals surface area contributed by atoms with Crippen molar-refractivity contribution in [1.29, 1.82) is 0 Å². The van der Waals surface area contributed by atoms with Gasteiger partial charge < -0.3 is 15.2 Å². The predicted octanol–water partition coefficient (Wildman–Crippen LogP) is 2.26. The Labute approximate surface area is 170 Å². The van der Waals surface area contributed by atoms with E-state index in [2.05, 4.69) is 23.6 Å². The number of hydrogen-bond donors (Lipinski definition) is 2. The summed E-state index contributed by atoms with van der Waals surface area (Å²) in [5.74, 6) is -0.395. The Bertz CT molecular complexity index is 941. The molecule has 0 saturated heterocycles. The van der Waals surface area contributed by atoms with Crippen LogP contribution in [-0.2, 0) is 28.9 Å². The standard InChI is InChI=1S/C23H25N3O3/c27-20(13-17-7-3-1-4-8-17)23(28)24-14-21-22-19(11-12-29-21)16-26(25-22)15-18-9-5-2-6-10-18/h1-10,16,20-21,27H,11-15H2,(H,24,28)/t20-,21+/m1/s1. The smallest absolute Gasteiger partial charge is 0.249 e. The summed E-state index contributed by atoms with van der Waals surface area (Å²) in [5.41, 5.74) is 4.12. The lowest BCUT2D eigenvalue weighted by Gasteiger charge is -2.22. The Morgan fingerprint density at radius 3 is 2.55 bits per heavy atom. The summed E-state index contributed by atoms with van der Waals surface area (Å²) >= 11 is 0. The van der Waals surface area contributed by atoms with E-state index in [0.29, 0.717) is 19.7 Å². The zero-order chi connectivity index (χ0) is 20.1. The minimum Gasteiger partial charge on any atom is -0.383 e. The van der Waals surface area contributed by atoms with E-state index in [1.54, 1.807) is 0 Å². The summed E-state index contributed by atoms with van der Waals surface area (Å²) in [7, 11) is 0. The first kappa shape index (κ1) is 19.4. The number of carbonyl (C=O) groups excluding carboxylic acids is 1. The molecule has 0 aliphatic carbocycles. The van der Waals surface area contributed by atoms with E-state index in [9.17, 15) is 9.90 Å². The van der Waals surface area contributed by atoms with Gasteiger partial charge in [0.1, 0.15) is 12.2 Å². The van der Waals surface area contributed by atoms with Crippen molar-refractivity contribution in [1.82, 2.24) is 15.1 Å². The van der Waals surface area contributed by atoms with E-state index in [1.807, 2.05) is 53.2 Å². The summed E-state index contributed by atoms with van der Waals surface area (Å²) in [4.78, 5) is 12.3. The van der Waals surface area contributed by atoms with Gasteiger partial charge in [-0.15, -0.1) is 0 Å². The van der Waals surface area contributed by atoms with Crippen molar-refractivity contribution in [2.24, 2.45) is 0 Å². The van der Waals surface area contributed by atoms with Crippen LogP contribution in [0.25, 0.3) is 0 Å². The maximum atomic E-state index is 12.3. The molecule has 3 aromatic rings. The van der Waals surface area contributed by atoms with Gasteiger partial charge in [0.05, 0.1) is 18.8 Å². The first-order chi connectivity index (χ1) is 14.2. The molecule has 1 aliphatic rings. The van der Waals surface area contributed by atoms with Crippen molar-refractivity contribution in [2.45, 2.75) is 31.6 Å². The molecule has 0 saturated carbocycles. The van der Waals surface area contributed by atoms with E-state index < -0.39 is 12.0 Å². The number of nitrogens with one attached hydrogen (secondary N) is 1. The van der Waals surface area contributed by atoms with Gasteiger partial charge in [0, 0.05) is 19.2 Å². The van der Waals surface area contributed by atoms with Gasteiger partial charge in [0.25, 0.3) is 0 Å². The van der Waals surface area contributed by atoms with E-state index >= 15 is 0 Å². The number of nitrogens with zero attached hydrogens (tertiary/aromatic N) is 2. The van der Waals surface area contributed by atoms with Gasteiger partial charge in [-0.1, -0.05) is 60.7 Å². The number of aliphatic hydroxyl groups is 1. The summed E-state index contributed by atoms with van der Waals surface area (Å²) in [6.45, 7) is 1.58. The number of amides is 1. The molecule has 0 fully saturated rings. The van der Waals surface area contributed by atoms with Crippen LogP contribution in [0.2, 0.25) is 0 Å². The van der Waals surface area contributed by atoms with Crippen LogP contribution in [0, 0.1) is 0 Å².